The van der Waals surface area contributed by atoms with Gasteiger partial charge in [0.15, 0.2) is 0 Å². The molecule has 3 rings (SSSR count). The molecule has 1 unspecified atom stereocenters. The number of amides is 1. The average Bonchev–Trinajstić information content (AvgIpc) is 3.12. The summed E-state index contributed by atoms with van der Waals surface area (Å²) in [5.74, 6) is -0.294. The van der Waals surface area contributed by atoms with Crippen LogP contribution < -0.4 is 10.0 Å². The molecule has 0 spiro atoms. The third-order valence-corrected chi connectivity index (χ3v) is 7.59. The van der Waals surface area contributed by atoms with Crippen molar-refractivity contribution in [3.05, 3.63) is 52.2 Å². The van der Waals surface area contributed by atoms with Gasteiger partial charge in [-0.2, -0.15) is 5.26 Å². The van der Waals surface area contributed by atoms with Crippen molar-refractivity contribution in [2.24, 2.45) is 0 Å². The molecule has 0 aliphatic rings. The van der Waals surface area contributed by atoms with Crippen molar-refractivity contribution in [2.45, 2.75) is 42.9 Å². The number of nitrogens with zero attached hydrogens (tertiary/aromatic N) is 4. The zero-order valence-electron chi connectivity index (χ0n) is 17.7. The summed E-state index contributed by atoms with van der Waals surface area (Å²) in [7, 11) is -3.82. The zero-order chi connectivity index (χ0) is 23.5. The highest BCUT2D eigenvalue weighted by Crippen LogP contribution is 2.28. The van der Waals surface area contributed by atoms with E-state index in [0.717, 1.165) is 22.6 Å². The number of rotatable bonds is 7. The van der Waals surface area contributed by atoms with E-state index in [1.807, 2.05) is 19.9 Å². The Hall–Kier alpha value is -3.01. The molecular formula is C20H20N6O3S3. The summed E-state index contributed by atoms with van der Waals surface area (Å²) in [6.45, 7) is 7.11. The normalized spacial score (nSPS) is 12.1. The maximum absolute atomic E-state index is 12.6. The van der Waals surface area contributed by atoms with E-state index in [0.29, 0.717) is 21.3 Å². The lowest BCUT2D eigenvalue weighted by molar-refractivity contribution is -0.115. The van der Waals surface area contributed by atoms with Crippen LogP contribution in [0.4, 0.5) is 10.8 Å². The molecule has 0 fully saturated rings. The summed E-state index contributed by atoms with van der Waals surface area (Å²) < 4.78 is 27.3. The molecule has 2 aromatic heterocycles. The van der Waals surface area contributed by atoms with Crippen molar-refractivity contribution in [3.63, 3.8) is 0 Å². The third-order valence-electron chi connectivity index (χ3n) is 4.26. The first-order valence-corrected chi connectivity index (χ1v) is 12.6. The molecule has 0 saturated heterocycles. The Bertz CT molecular complexity index is 1300. The number of thioether (sulfide) groups is 1. The van der Waals surface area contributed by atoms with Crippen LogP contribution in [0.3, 0.4) is 0 Å². The van der Waals surface area contributed by atoms with Crippen LogP contribution in [0.15, 0.2) is 40.3 Å². The second kappa shape index (κ2) is 9.64. The van der Waals surface area contributed by atoms with E-state index in [-0.39, 0.29) is 15.9 Å². The minimum atomic E-state index is -3.82. The van der Waals surface area contributed by atoms with Crippen LogP contribution in [-0.4, -0.2) is 34.8 Å². The first-order valence-electron chi connectivity index (χ1n) is 9.38. The first-order chi connectivity index (χ1) is 15.1. The number of hydrogen-bond acceptors (Lipinski definition) is 9. The van der Waals surface area contributed by atoms with Gasteiger partial charge in [-0.3, -0.25) is 9.52 Å². The number of anilines is 2. The molecule has 0 bridgehead atoms. The quantitative estimate of drug-likeness (QED) is 0.481. The fourth-order valence-corrected chi connectivity index (χ4v) is 5.56. The summed E-state index contributed by atoms with van der Waals surface area (Å²) in [5.41, 5.74) is 2.48. The van der Waals surface area contributed by atoms with Gasteiger partial charge in [0.1, 0.15) is 16.1 Å². The Labute approximate surface area is 194 Å². The van der Waals surface area contributed by atoms with E-state index >= 15 is 0 Å². The van der Waals surface area contributed by atoms with E-state index in [2.05, 4.69) is 31.3 Å². The molecule has 2 N–H and O–H groups in total. The molecule has 32 heavy (non-hydrogen) atoms. The maximum Gasteiger partial charge on any atom is 0.263 e. The summed E-state index contributed by atoms with van der Waals surface area (Å²) in [5, 5.41) is 20.5. The van der Waals surface area contributed by atoms with Crippen LogP contribution >= 0.6 is 23.1 Å². The van der Waals surface area contributed by atoms with Crippen LogP contribution in [0.1, 0.15) is 28.8 Å². The van der Waals surface area contributed by atoms with Gasteiger partial charge in [-0.25, -0.2) is 13.4 Å². The predicted octanol–water partition coefficient (Wildman–Crippen LogP) is 3.65. The molecule has 166 valence electrons. The monoisotopic (exact) mass is 488 g/mol. The Balaban J connectivity index is 1.67. The lowest BCUT2D eigenvalue weighted by Gasteiger charge is -2.14. The van der Waals surface area contributed by atoms with Crippen LogP contribution in [0.25, 0.3) is 0 Å². The molecule has 0 saturated carbocycles. The lowest BCUT2D eigenvalue weighted by atomic mass is 10.1. The molecule has 9 nitrogen and oxygen atoms in total. The summed E-state index contributed by atoms with van der Waals surface area (Å²) in [4.78, 5) is 17.0. The Morgan fingerprint density at radius 3 is 2.47 bits per heavy atom. The number of hydrogen-bond donors (Lipinski definition) is 2. The van der Waals surface area contributed by atoms with Crippen LogP contribution in [0.2, 0.25) is 0 Å². The fourth-order valence-electron chi connectivity index (χ4n) is 2.72. The SMILES string of the molecule is Cc1cc(C)c(C#N)c(SC(C)C(=O)Nc2ccc(S(=O)(=O)Nc3nnc(C)s3)cc2)n1. The molecular weight excluding hydrogens is 468 g/mol. The van der Waals surface area contributed by atoms with Gasteiger partial charge in [-0.15, -0.1) is 10.2 Å². The number of aromatic nitrogens is 3. The fraction of sp³-hybridized carbons (Fsp3) is 0.250. The molecule has 2 heterocycles. The lowest BCUT2D eigenvalue weighted by Crippen LogP contribution is -2.22. The highest BCUT2D eigenvalue weighted by Gasteiger charge is 2.20. The van der Waals surface area contributed by atoms with Gasteiger partial charge in [0.05, 0.1) is 15.7 Å². The van der Waals surface area contributed by atoms with Gasteiger partial charge < -0.3 is 5.32 Å². The van der Waals surface area contributed by atoms with Crippen molar-refractivity contribution in [1.29, 1.82) is 5.26 Å². The first kappa shape index (κ1) is 23.6. The number of carbonyl (C=O) groups excluding carboxylic acids is 1. The van der Waals surface area contributed by atoms with Gasteiger partial charge in [0.25, 0.3) is 10.0 Å². The molecule has 12 heteroatoms. The van der Waals surface area contributed by atoms with Crippen LogP contribution in [-0.2, 0) is 14.8 Å². The molecule has 3 aromatic rings. The Morgan fingerprint density at radius 2 is 1.88 bits per heavy atom. The Morgan fingerprint density at radius 1 is 1.19 bits per heavy atom. The van der Waals surface area contributed by atoms with Crippen LogP contribution in [0, 0.1) is 32.1 Å². The second-order valence-corrected chi connectivity index (χ2v) is 11.1. The number of benzene rings is 1. The van der Waals surface area contributed by atoms with Crippen molar-refractivity contribution in [3.8, 4) is 6.07 Å². The second-order valence-electron chi connectivity index (χ2n) is 6.88. The number of carbonyl (C=O) groups is 1. The zero-order valence-corrected chi connectivity index (χ0v) is 20.2. The number of sulfonamides is 1. The van der Waals surface area contributed by atoms with Crippen molar-refractivity contribution >= 4 is 49.8 Å². The minimum Gasteiger partial charge on any atom is -0.325 e. The summed E-state index contributed by atoms with van der Waals surface area (Å²) in [6.07, 6.45) is 0. The van der Waals surface area contributed by atoms with Gasteiger partial charge in [0, 0.05) is 11.4 Å². The van der Waals surface area contributed by atoms with Crippen molar-refractivity contribution in [2.75, 3.05) is 10.0 Å². The standard InChI is InChI=1S/C20H20N6O3S3/c1-11-9-12(2)22-19(17(11)10-21)30-13(3)18(27)23-15-5-7-16(8-6-15)32(28,29)26-20-25-24-14(4)31-20/h5-9,13H,1-4H3,(H,23,27)(H,25,26). The smallest absolute Gasteiger partial charge is 0.263 e. The summed E-state index contributed by atoms with van der Waals surface area (Å²) in [6, 6.07) is 9.76. The van der Waals surface area contributed by atoms with Gasteiger partial charge >= 0.3 is 0 Å². The van der Waals surface area contributed by atoms with Gasteiger partial charge in [0.2, 0.25) is 11.0 Å². The van der Waals surface area contributed by atoms with E-state index in [9.17, 15) is 18.5 Å². The van der Waals surface area contributed by atoms with Gasteiger partial charge in [-0.05, 0) is 63.6 Å². The highest BCUT2D eigenvalue weighted by atomic mass is 32.2. The van der Waals surface area contributed by atoms with E-state index in [1.54, 1.807) is 13.8 Å². The maximum atomic E-state index is 12.6. The van der Waals surface area contributed by atoms with E-state index in [4.69, 9.17) is 0 Å². The molecule has 0 aliphatic heterocycles. The summed E-state index contributed by atoms with van der Waals surface area (Å²) >= 11 is 2.33. The largest absolute Gasteiger partial charge is 0.325 e. The average molecular weight is 489 g/mol. The number of pyridine rings is 1. The number of nitriles is 1. The van der Waals surface area contributed by atoms with Crippen LogP contribution in [0.5, 0.6) is 0 Å². The minimum absolute atomic E-state index is 0.0314. The molecule has 0 radical (unpaired) electrons. The van der Waals surface area contributed by atoms with Gasteiger partial charge in [-0.1, -0.05) is 23.1 Å². The number of nitrogens with one attached hydrogen (secondary N) is 2. The molecule has 1 aromatic carbocycles. The Kier molecular flexibility index (Phi) is 7.12. The van der Waals surface area contributed by atoms with E-state index < -0.39 is 15.3 Å². The molecule has 1 atom stereocenters. The third kappa shape index (κ3) is 5.61. The molecule has 1 amide bonds. The van der Waals surface area contributed by atoms with E-state index in [1.165, 1.54) is 36.0 Å². The van der Waals surface area contributed by atoms with Crippen molar-refractivity contribution in [1.82, 2.24) is 15.2 Å². The van der Waals surface area contributed by atoms with Crippen molar-refractivity contribution < 1.29 is 13.2 Å². The highest BCUT2D eigenvalue weighted by molar-refractivity contribution is 8.00. The predicted molar refractivity (Wildman–Crippen MR) is 124 cm³/mol. The molecule has 0 aliphatic carbocycles. The number of aryl methyl sites for hydroxylation is 3. The topological polar surface area (TPSA) is 138 Å².